The molecule has 44 heavy (non-hydrogen) atoms. The van der Waals surface area contributed by atoms with Crippen LogP contribution in [0.5, 0.6) is 5.75 Å². The first kappa shape index (κ1) is 31.2. The summed E-state index contributed by atoms with van der Waals surface area (Å²) in [5.74, 6) is 2.85. The van der Waals surface area contributed by atoms with E-state index in [4.69, 9.17) is 18.9 Å². The Kier molecular flexibility index (Phi) is 8.86. The molecule has 4 aliphatic heterocycles. The van der Waals surface area contributed by atoms with Gasteiger partial charge < -0.3 is 44.5 Å². The van der Waals surface area contributed by atoms with Gasteiger partial charge in [-0.15, -0.1) is 6.58 Å². The monoisotopic (exact) mass is 608 g/mol. The highest BCUT2D eigenvalue weighted by molar-refractivity contribution is 5.30. The van der Waals surface area contributed by atoms with Crippen molar-refractivity contribution in [3.8, 4) is 17.8 Å². The Bertz CT molecular complexity index is 1300. The first-order chi connectivity index (χ1) is 21.2. The molecule has 0 aromatic heterocycles. The Morgan fingerprint density at radius 3 is 2.73 bits per heavy atom. The second-order valence-electron chi connectivity index (χ2n) is 13.1. The minimum Gasteiger partial charge on any atom is -0.486 e. The number of fused-ring (bicyclic) bond motifs is 7. The SMILES string of the molecule is C=CCc1ccc(OC2OC3C(CCCO)OC#CCC(O)C4CC2(OC=CC42C=CC4CCCC4(O)C2)C(O)C3O)cc1. The van der Waals surface area contributed by atoms with Gasteiger partial charge in [0.15, 0.2) is 5.60 Å². The summed E-state index contributed by atoms with van der Waals surface area (Å²) in [5, 5.41) is 56.6. The molecule has 2 fully saturated rings. The molecule has 2 aliphatic carbocycles. The largest absolute Gasteiger partial charge is 0.486 e. The van der Waals surface area contributed by atoms with Crippen LogP contribution in [0.2, 0.25) is 0 Å². The summed E-state index contributed by atoms with van der Waals surface area (Å²) in [6.07, 6.45) is 9.27. The second kappa shape index (κ2) is 12.5. The molecule has 5 N–H and O–H groups in total. The lowest BCUT2D eigenvalue weighted by molar-refractivity contribution is -0.334. The number of hydrogen-bond acceptors (Lipinski definition) is 9. The van der Waals surface area contributed by atoms with Gasteiger partial charge in [0.2, 0.25) is 6.29 Å². The summed E-state index contributed by atoms with van der Waals surface area (Å²) in [5.41, 5.74) is -2.33. The maximum Gasteiger partial charge on any atom is 0.243 e. The molecule has 1 aromatic carbocycles. The summed E-state index contributed by atoms with van der Waals surface area (Å²) in [7, 11) is 0. The summed E-state index contributed by atoms with van der Waals surface area (Å²) < 4.78 is 25.2. The summed E-state index contributed by atoms with van der Waals surface area (Å²) >= 11 is 0. The van der Waals surface area contributed by atoms with Crippen LogP contribution in [0.25, 0.3) is 0 Å². The van der Waals surface area contributed by atoms with Crippen molar-refractivity contribution in [3.05, 3.63) is 67.0 Å². The highest BCUT2D eigenvalue weighted by atomic mass is 16.7. The van der Waals surface area contributed by atoms with Crippen molar-refractivity contribution in [2.75, 3.05) is 6.61 Å². The minimum absolute atomic E-state index is 0.0402. The van der Waals surface area contributed by atoms with Crippen LogP contribution in [0, 0.1) is 29.3 Å². The van der Waals surface area contributed by atoms with Crippen molar-refractivity contribution in [3.63, 3.8) is 0 Å². The van der Waals surface area contributed by atoms with Crippen molar-refractivity contribution in [2.24, 2.45) is 17.3 Å². The van der Waals surface area contributed by atoms with Crippen molar-refractivity contribution >= 4 is 0 Å². The Morgan fingerprint density at radius 1 is 1.14 bits per heavy atom. The van der Waals surface area contributed by atoms with E-state index in [0.29, 0.717) is 37.9 Å². The molecule has 3 bridgehead atoms. The topological polar surface area (TPSA) is 138 Å². The maximum atomic E-state index is 12.0. The second-order valence-corrected chi connectivity index (χ2v) is 13.1. The van der Waals surface area contributed by atoms with Gasteiger partial charge in [0.05, 0.1) is 18.0 Å². The lowest BCUT2D eigenvalue weighted by Gasteiger charge is -2.53. The van der Waals surface area contributed by atoms with E-state index in [1.54, 1.807) is 12.1 Å². The van der Waals surface area contributed by atoms with Crippen LogP contribution in [0.15, 0.2) is 61.4 Å². The highest BCUT2D eigenvalue weighted by Gasteiger charge is 2.64. The van der Waals surface area contributed by atoms with Crippen molar-refractivity contribution < 1.29 is 44.5 Å². The van der Waals surface area contributed by atoms with Gasteiger partial charge in [-0.25, -0.2) is 0 Å². The third-order valence-corrected chi connectivity index (χ3v) is 10.4. The van der Waals surface area contributed by atoms with Gasteiger partial charge in [0.25, 0.3) is 0 Å². The van der Waals surface area contributed by atoms with Crippen LogP contribution < -0.4 is 4.74 Å². The fourth-order valence-electron chi connectivity index (χ4n) is 8.02. The van der Waals surface area contributed by atoms with Crippen molar-refractivity contribution in [1.29, 1.82) is 0 Å². The van der Waals surface area contributed by atoms with E-state index in [1.807, 2.05) is 24.3 Å². The molecule has 11 atom stereocenters. The van der Waals surface area contributed by atoms with Crippen LogP contribution in [-0.4, -0.2) is 80.2 Å². The number of hydrogen-bond donors (Lipinski definition) is 5. The molecule has 4 heterocycles. The predicted octanol–water partition coefficient (Wildman–Crippen LogP) is 2.89. The Balaban J connectivity index is 1.44. The van der Waals surface area contributed by atoms with Gasteiger partial charge in [-0.2, -0.15) is 0 Å². The van der Waals surface area contributed by atoms with Crippen LogP contribution in [0.3, 0.4) is 0 Å². The standard InChI is InChI=1S/C35H44O9/c1-2-6-23-10-12-25(13-11-23)43-32-35-21-26(33(17-20-42-35)16-14-24-7-3-15-34(24,40)22-33)27(37)8-5-19-41-28(9-4-18-36)30(44-32)29(38)31(35)39/h2,10-14,16-17,20,24,26-32,36-40H,1,3-4,6-9,15,18,21-22H2. The molecule has 0 amide bonds. The molecule has 1 saturated carbocycles. The summed E-state index contributed by atoms with van der Waals surface area (Å²) in [4.78, 5) is 0. The quantitative estimate of drug-likeness (QED) is 0.234. The Labute approximate surface area is 258 Å². The molecule has 9 nitrogen and oxygen atoms in total. The zero-order chi connectivity index (χ0) is 31.0. The Morgan fingerprint density at radius 2 is 1.95 bits per heavy atom. The molecule has 2 spiro atoms. The molecule has 0 radical (unpaired) electrons. The van der Waals surface area contributed by atoms with Crippen LogP contribution in [0.4, 0.5) is 0 Å². The average molecular weight is 609 g/mol. The molecule has 9 heteroatoms. The number of aliphatic hydroxyl groups excluding tert-OH is 4. The predicted molar refractivity (Wildman–Crippen MR) is 161 cm³/mol. The van der Waals surface area contributed by atoms with E-state index in [0.717, 1.165) is 18.4 Å². The summed E-state index contributed by atoms with van der Waals surface area (Å²) in [6, 6.07) is 7.43. The number of allylic oxidation sites excluding steroid dienone is 3. The highest BCUT2D eigenvalue weighted by Crippen LogP contribution is 2.57. The van der Waals surface area contributed by atoms with Crippen molar-refractivity contribution in [1.82, 2.24) is 0 Å². The number of ether oxygens (including phenoxy) is 4. The van der Waals surface area contributed by atoms with Gasteiger partial charge in [0, 0.05) is 36.7 Å². The Hall–Kier alpha value is -2.84. The number of aliphatic hydroxyl groups is 5. The van der Waals surface area contributed by atoms with Crippen LogP contribution in [-0.2, 0) is 20.6 Å². The first-order valence-electron chi connectivity index (χ1n) is 15.8. The van der Waals surface area contributed by atoms with E-state index in [-0.39, 0.29) is 25.4 Å². The molecule has 7 rings (SSSR count). The van der Waals surface area contributed by atoms with Gasteiger partial charge in [-0.05, 0) is 68.7 Å². The molecule has 238 valence electrons. The molecule has 1 saturated heterocycles. The average Bonchev–Trinajstić information content (AvgIpc) is 3.31. The molecule has 1 aromatic rings. The molecule has 6 aliphatic rings. The lowest BCUT2D eigenvalue weighted by Crippen LogP contribution is -2.70. The van der Waals surface area contributed by atoms with Gasteiger partial charge >= 0.3 is 0 Å². The molecule has 11 unspecified atom stereocenters. The number of benzene rings is 1. The first-order valence-corrected chi connectivity index (χ1v) is 15.8. The minimum atomic E-state index is -1.64. The van der Waals surface area contributed by atoms with E-state index < -0.39 is 59.3 Å². The van der Waals surface area contributed by atoms with Gasteiger partial charge in [-0.3, -0.25) is 0 Å². The molecular weight excluding hydrogens is 564 g/mol. The normalized spacial score (nSPS) is 42.5. The zero-order valence-electron chi connectivity index (χ0n) is 25.0. The summed E-state index contributed by atoms with van der Waals surface area (Å²) in [6.45, 7) is 3.69. The van der Waals surface area contributed by atoms with E-state index in [9.17, 15) is 25.5 Å². The van der Waals surface area contributed by atoms with E-state index >= 15 is 0 Å². The van der Waals surface area contributed by atoms with Gasteiger partial charge in [0.1, 0.15) is 36.3 Å². The fraction of sp³-hybridized carbons (Fsp3) is 0.600. The van der Waals surface area contributed by atoms with Crippen LogP contribution >= 0.6 is 0 Å². The van der Waals surface area contributed by atoms with Crippen LogP contribution in [0.1, 0.15) is 56.9 Å². The lowest BCUT2D eigenvalue weighted by atomic mass is 9.58. The number of rotatable bonds is 7. The van der Waals surface area contributed by atoms with E-state index in [2.05, 4.69) is 30.8 Å². The third kappa shape index (κ3) is 5.57. The maximum absolute atomic E-state index is 12.0. The third-order valence-electron chi connectivity index (χ3n) is 10.4. The van der Waals surface area contributed by atoms with Gasteiger partial charge in [-0.1, -0.05) is 36.3 Å². The van der Waals surface area contributed by atoms with Crippen molar-refractivity contribution in [2.45, 2.75) is 106 Å². The zero-order valence-corrected chi connectivity index (χ0v) is 25.0. The molecular formula is C35H44O9. The fourth-order valence-corrected chi connectivity index (χ4v) is 8.02. The smallest absolute Gasteiger partial charge is 0.243 e. The van der Waals surface area contributed by atoms with E-state index in [1.165, 1.54) is 6.26 Å².